The van der Waals surface area contributed by atoms with Crippen LogP contribution in [0.5, 0.6) is 0 Å². The summed E-state index contributed by atoms with van der Waals surface area (Å²) in [6.45, 7) is 12.3. The fourth-order valence-corrected chi connectivity index (χ4v) is 1.90. The van der Waals surface area contributed by atoms with E-state index in [1.54, 1.807) is 0 Å². The van der Waals surface area contributed by atoms with Crippen molar-refractivity contribution in [3.63, 3.8) is 0 Å². The van der Waals surface area contributed by atoms with Gasteiger partial charge in [0.05, 0.1) is 13.2 Å². The van der Waals surface area contributed by atoms with Crippen LogP contribution in [0.3, 0.4) is 0 Å². The van der Waals surface area contributed by atoms with Crippen LogP contribution in [-0.2, 0) is 11.3 Å². The van der Waals surface area contributed by atoms with Gasteiger partial charge in [-0.15, -0.1) is 0 Å². The van der Waals surface area contributed by atoms with Gasteiger partial charge in [0.15, 0.2) is 0 Å². The molecule has 0 bridgehead atoms. The Labute approximate surface area is 122 Å². The largest absolute Gasteiger partial charge is 0.376 e. The van der Waals surface area contributed by atoms with Crippen molar-refractivity contribution in [1.29, 1.82) is 0 Å². The van der Waals surface area contributed by atoms with Crippen LogP contribution in [-0.4, -0.2) is 19.7 Å². The van der Waals surface area contributed by atoms with E-state index in [4.69, 9.17) is 16.3 Å². The predicted molar refractivity (Wildman–Crippen MR) is 82.6 cm³/mol. The van der Waals surface area contributed by atoms with E-state index in [2.05, 4.69) is 33.0 Å². The minimum absolute atomic E-state index is 0.154. The zero-order valence-electron chi connectivity index (χ0n) is 12.5. The zero-order valence-corrected chi connectivity index (χ0v) is 13.3. The number of hydrogen-bond acceptors (Lipinski definition) is 2. The second-order valence-corrected chi connectivity index (χ2v) is 6.74. The van der Waals surface area contributed by atoms with E-state index in [0.717, 1.165) is 30.3 Å². The molecule has 2 nitrogen and oxygen atoms in total. The van der Waals surface area contributed by atoms with Crippen LogP contribution in [0.15, 0.2) is 24.3 Å². The molecule has 19 heavy (non-hydrogen) atoms. The highest BCUT2D eigenvalue weighted by molar-refractivity contribution is 6.30. The van der Waals surface area contributed by atoms with Crippen molar-refractivity contribution in [3.8, 4) is 0 Å². The van der Waals surface area contributed by atoms with E-state index in [9.17, 15) is 0 Å². The maximum absolute atomic E-state index is 5.85. The molecule has 0 amide bonds. The number of ether oxygens (including phenoxy) is 1. The second-order valence-electron chi connectivity index (χ2n) is 6.31. The molecule has 0 heterocycles. The Morgan fingerprint density at radius 3 is 2.42 bits per heavy atom. The van der Waals surface area contributed by atoms with Gasteiger partial charge in [-0.05, 0) is 30.2 Å². The maximum atomic E-state index is 5.85. The van der Waals surface area contributed by atoms with Gasteiger partial charge >= 0.3 is 0 Å². The van der Waals surface area contributed by atoms with Crippen LogP contribution in [0.4, 0.5) is 0 Å². The summed E-state index contributed by atoms with van der Waals surface area (Å²) in [5, 5.41) is 4.25. The lowest BCUT2D eigenvalue weighted by Gasteiger charge is -2.25. The lowest BCUT2D eigenvalue weighted by atomic mass is 9.94. The molecule has 0 aliphatic carbocycles. The van der Waals surface area contributed by atoms with Crippen molar-refractivity contribution in [1.82, 2.24) is 5.32 Å². The van der Waals surface area contributed by atoms with Gasteiger partial charge < -0.3 is 10.1 Å². The van der Waals surface area contributed by atoms with Crippen molar-refractivity contribution in [2.45, 2.75) is 34.3 Å². The summed E-state index contributed by atoms with van der Waals surface area (Å²) in [5.74, 6) is 0.686. The van der Waals surface area contributed by atoms with Crippen LogP contribution < -0.4 is 5.32 Å². The molecule has 0 saturated carbocycles. The third-order valence-corrected chi connectivity index (χ3v) is 3.08. The summed E-state index contributed by atoms with van der Waals surface area (Å²) in [7, 11) is 0. The molecule has 0 spiro atoms. The number of nitrogens with one attached hydrogen (secondary N) is 1. The quantitative estimate of drug-likeness (QED) is 0.775. The SMILES string of the molecule is CC(C)CNCC(C)(C)COCc1ccc(Cl)cc1. The molecule has 1 rings (SSSR count). The van der Waals surface area contributed by atoms with Crippen LogP contribution in [0.25, 0.3) is 0 Å². The van der Waals surface area contributed by atoms with E-state index in [1.807, 2.05) is 24.3 Å². The summed E-state index contributed by atoms with van der Waals surface area (Å²) < 4.78 is 5.80. The number of benzene rings is 1. The summed E-state index contributed by atoms with van der Waals surface area (Å²) in [5.41, 5.74) is 1.32. The minimum Gasteiger partial charge on any atom is -0.376 e. The molecule has 1 N–H and O–H groups in total. The Hall–Kier alpha value is -0.570. The van der Waals surface area contributed by atoms with Gasteiger partial charge in [0.1, 0.15) is 0 Å². The molecule has 0 unspecified atom stereocenters. The first-order valence-electron chi connectivity index (χ1n) is 6.92. The lowest BCUT2D eigenvalue weighted by Crippen LogP contribution is -2.35. The molecule has 3 heteroatoms. The molecular weight excluding hydrogens is 258 g/mol. The molecule has 108 valence electrons. The van der Waals surface area contributed by atoms with Gasteiger partial charge in [-0.3, -0.25) is 0 Å². The van der Waals surface area contributed by atoms with E-state index in [-0.39, 0.29) is 5.41 Å². The topological polar surface area (TPSA) is 21.3 Å². The van der Waals surface area contributed by atoms with E-state index in [1.165, 1.54) is 0 Å². The van der Waals surface area contributed by atoms with Crippen molar-refractivity contribution in [2.75, 3.05) is 19.7 Å². The summed E-state index contributed by atoms with van der Waals surface area (Å²) >= 11 is 5.85. The Bertz CT molecular complexity index is 360. The third-order valence-electron chi connectivity index (χ3n) is 2.83. The molecule has 1 aromatic rings. The zero-order chi connectivity index (χ0) is 14.3. The van der Waals surface area contributed by atoms with Crippen molar-refractivity contribution < 1.29 is 4.74 Å². The van der Waals surface area contributed by atoms with Gasteiger partial charge in [0.25, 0.3) is 0 Å². The van der Waals surface area contributed by atoms with Gasteiger partial charge in [0, 0.05) is 17.0 Å². The number of hydrogen-bond donors (Lipinski definition) is 1. The molecule has 0 fully saturated rings. The lowest BCUT2D eigenvalue weighted by molar-refractivity contribution is 0.0510. The molecule has 0 aliphatic heterocycles. The Balaban J connectivity index is 2.25. The monoisotopic (exact) mass is 283 g/mol. The van der Waals surface area contributed by atoms with Crippen LogP contribution in [0.2, 0.25) is 5.02 Å². The Kier molecular flexibility index (Phi) is 6.84. The first-order valence-corrected chi connectivity index (χ1v) is 7.30. The average Bonchev–Trinajstić information content (AvgIpc) is 2.30. The fourth-order valence-electron chi connectivity index (χ4n) is 1.78. The normalized spacial score (nSPS) is 12.1. The standard InChI is InChI=1S/C16H26ClNO/c1-13(2)9-18-11-16(3,4)12-19-10-14-5-7-15(17)8-6-14/h5-8,13,18H,9-12H2,1-4H3. The first-order chi connectivity index (χ1) is 8.89. The summed E-state index contributed by atoms with van der Waals surface area (Å²) in [6, 6.07) is 7.81. The van der Waals surface area contributed by atoms with Gasteiger partial charge in [-0.1, -0.05) is 51.4 Å². The fraction of sp³-hybridized carbons (Fsp3) is 0.625. The van der Waals surface area contributed by atoms with Crippen molar-refractivity contribution >= 4 is 11.6 Å². The maximum Gasteiger partial charge on any atom is 0.0717 e. The van der Waals surface area contributed by atoms with Crippen molar-refractivity contribution in [2.24, 2.45) is 11.3 Å². The van der Waals surface area contributed by atoms with Gasteiger partial charge in [0.2, 0.25) is 0 Å². The molecule has 0 saturated heterocycles. The van der Waals surface area contributed by atoms with Gasteiger partial charge in [-0.25, -0.2) is 0 Å². The molecule has 1 aromatic carbocycles. The van der Waals surface area contributed by atoms with Crippen LogP contribution in [0, 0.1) is 11.3 Å². The highest BCUT2D eigenvalue weighted by atomic mass is 35.5. The van der Waals surface area contributed by atoms with Gasteiger partial charge in [-0.2, -0.15) is 0 Å². The van der Waals surface area contributed by atoms with E-state index < -0.39 is 0 Å². The highest BCUT2D eigenvalue weighted by Crippen LogP contribution is 2.16. The Morgan fingerprint density at radius 2 is 1.84 bits per heavy atom. The molecule has 0 aliphatic rings. The molecular formula is C16H26ClNO. The Morgan fingerprint density at radius 1 is 1.21 bits per heavy atom. The molecule has 0 atom stereocenters. The number of rotatable bonds is 8. The van der Waals surface area contributed by atoms with Crippen molar-refractivity contribution in [3.05, 3.63) is 34.9 Å². The molecule has 0 radical (unpaired) electrons. The smallest absolute Gasteiger partial charge is 0.0717 e. The highest BCUT2D eigenvalue weighted by Gasteiger charge is 2.17. The second kappa shape index (κ2) is 7.88. The van der Waals surface area contributed by atoms with E-state index >= 15 is 0 Å². The first kappa shape index (κ1) is 16.5. The summed E-state index contributed by atoms with van der Waals surface area (Å²) in [6.07, 6.45) is 0. The minimum atomic E-state index is 0.154. The third kappa shape index (κ3) is 7.56. The van der Waals surface area contributed by atoms with Crippen LogP contribution >= 0.6 is 11.6 Å². The van der Waals surface area contributed by atoms with E-state index in [0.29, 0.717) is 12.5 Å². The predicted octanol–water partition coefficient (Wildman–Crippen LogP) is 4.13. The number of halogens is 1. The average molecular weight is 284 g/mol. The van der Waals surface area contributed by atoms with Crippen LogP contribution in [0.1, 0.15) is 33.3 Å². The molecule has 0 aromatic heterocycles. The summed E-state index contributed by atoms with van der Waals surface area (Å²) in [4.78, 5) is 0.